The molecule has 148 valence electrons. The van der Waals surface area contributed by atoms with Crippen LogP contribution in [0.15, 0.2) is 0 Å². The van der Waals surface area contributed by atoms with Gasteiger partial charge in [-0.25, -0.2) is 0 Å². The maximum atomic E-state index is 11.7. The molecule has 0 heterocycles. The van der Waals surface area contributed by atoms with Crippen molar-refractivity contribution in [1.82, 2.24) is 0 Å². The Labute approximate surface area is 153 Å². The summed E-state index contributed by atoms with van der Waals surface area (Å²) in [7, 11) is 0. The van der Waals surface area contributed by atoms with E-state index in [2.05, 4.69) is 6.92 Å². The van der Waals surface area contributed by atoms with Crippen LogP contribution in [-0.4, -0.2) is 36.4 Å². The largest absolute Gasteiger partial charge is 0.462 e. The van der Waals surface area contributed by atoms with Gasteiger partial charge in [0.15, 0.2) is 6.10 Å². The van der Waals surface area contributed by atoms with E-state index in [-0.39, 0.29) is 31.6 Å². The highest BCUT2D eigenvalue weighted by Crippen LogP contribution is 2.12. The summed E-state index contributed by atoms with van der Waals surface area (Å²) in [5.74, 6) is -0.692. The maximum Gasteiger partial charge on any atom is 0.306 e. The molecule has 5 nitrogen and oxygen atoms in total. The summed E-state index contributed by atoms with van der Waals surface area (Å²) < 4.78 is 10.0. The summed E-state index contributed by atoms with van der Waals surface area (Å²) in [6, 6.07) is 0. The molecule has 1 N–H and O–H groups in total. The number of esters is 2. The molecule has 25 heavy (non-hydrogen) atoms. The summed E-state index contributed by atoms with van der Waals surface area (Å²) >= 11 is 0. The molecule has 0 spiro atoms. The number of hydrogen-bond donors (Lipinski definition) is 1. The zero-order valence-electron chi connectivity index (χ0n) is 16.3. The highest BCUT2D eigenvalue weighted by atomic mass is 16.6. The van der Waals surface area contributed by atoms with Crippen LogP contribution in [0, 0.1) is 0 Å². The molecule has 0 aliphatic heterocycles. The molecule has 0 aromatic rings. The molecule has 1 unspecified atom stereocenters. The summed E-state index contributed by atoms with van der Waals surface area (Å²) in [5.41, 5.74) is 0. The van der Waals surface area contributed by atoms with Gasteiger partial charge in [0.2, 0.25) is 0 Å². The van der Waals surface area contributed by atoms with Crippen LogP contribution in [0.4, 0.5) is 0 Å². The third-order valence-electron chi connectivity index (χ3n) is 4.21. The third-order valence-corrected chi connectivity index (χ3v) is 4.21. The Kier molecular flexibility index (Phi) is 16.9. The highest BCUT2D eigenvalue weighted by molar-refractivity contribution is 5.70. The molecule has 0 rings (SSSR count). The number of aliphatic hydroxyl groups excluding tert-OH is 1. The monoisotopic (exact) mass is 358 g/mol. The van der Waals surface area contributed by atoms with Gasteiger partial charge in [-0.15, -0.1) is 0 Å². The van der Waals surface area contributed by atoms with Crippen LogP contribution < -0.4 is 0 Å². The number of aliphatic hydroxyl groups is 1. The molecule has 0 saturated carbocycles. The van der Waals surface area contributed by atoms with E-state index in [0.717, 1.165) is 19.3 Å². The van der Waals surface area contributed by atoms with Crippen molar-refractivity contribution >= 4 is 11.9 Å². The second kappa shape index (κ2) is 17.7. The highest BCUT2D eigenvalue weighted by Gasteiger charge is 2.15. The lowest BCUT2D eigenvalue weighted by Crippen LogP contribution is -2.28. The Morgan fingerprint density at radius 1 is 0.800 bits per heavy atom. The third kappa shape index (κ3) is 16.1. The first-order chi connectivity index (χ1) is 12.1. The summed E-state index contributed by atoms with van der Waals surface area (Å²) in [4.78, 5) is 22.8. The zero-order chi connectivity index (χ0) is 18.8. The normalized spacial score (nSPS) is 12.0. The van der Waals surface area contributed by atoms with Crippen molar-refractivity contribution in [2.75, 3.05) is 13.2 Å². The van der Waals surface area contributed by atoms with E-state index in [1.54, 1.807) is 6.92 Å². The standard InChI is InChI=1S/C20H38O5/c1-3-5-6-7-8-9-10-11-12-13-14-15-20(23)25-18(16-21)17-24-19(22)4-2/h18,21H,3-17H2,1-2H3. The predicted molar refractivity (Wildman–Crippen MR) is 99.3 cm³/mol. The van der Waals surface area contributed by atoms with Crippen molar-refractivity contribution in [2.45, 2.75) is 103 Å². The number of hydrogen-bond acceptors (Lipinski definition) is 5. The van der Waals surface area contributed by atoms with Crippen LogP contribution >= 0.6 is 0 Å². The van der Waals surface area contributed by atoms with E-state index in [0.29, 0.717) is 6.42 Å². The van der Waals surface area contributed by atoms with Gasteiger partial charge in [0.1, 0.15) is 6.61 Å². The Morgan fingerprint density at radius 3 is 1.80 bits per heavy atom. The predicted octanol–water partition coefficient (Wildman–Crippen LogP) is 4.54. The minimum atomic E-state index is -0.754. The van der Waals surface area contributed by atoms with E-state index in [9.17, 15) is 9.59 Å². The number of unbranched alkanes of at least 4 members (excludes halogenated alkanes) is 10. The minimum absolute atomic E-state index is 0.0762. The lowest BCUT2D eigenvalue weighted by molar-refractivity contribution is -0.161. The van der Waals surface area contributed by atoms with Gasteiger partial charge in [-0.2, -0.15) is 0 Å². The van der Waals surface area contributed by atoms with Crippen LogP contribution in [-0.2, 0) is 19.1 Å². The van der Waals surface area contributed by atoms with E-state index < -0.39 is 6.10 Å². The Bertz CT molecular complexity index is 330. The molecule has 0 saturated heterocycles. The van der Waals surface area contributed by atoms with Crippen LogP contribution in [0.1, 0.15) is 97.3 Å². The van der Waals surface area contributed by atoms with Gasteiger partial charge in [0.05, 0.1) is 6.61 Å². The molecule has 0 bridgehead atoms. The van der Waals surface area contributed by atoms with Gasteiger partial charge < -0.3 is 14.6 Å². The minimum Gasteiger partial charge on any atom is -0.462 e. The maximum absolute atomic E-state index is 11.7. The molecule has 0 radical (unpaired) electrons. The molecule has 0 aromatic heterocycles. The first kappa shape index (κ1) is 23.9. The van der Waals surface area contributed by atoms with Crippen molar-refractivity contribution in [2.24, 2.45) is 0 Å². The summed E-state index contributed by atoms with van der Waals surface area (Å²) in [5, 5.41) is 9.15. The van der Waals surface area contributed by atoms with Crippen molar-refractivity contribution in [3.05, 3.63) is 0 Å². The molecule has 0 fully saturated rings. The average Bonchev–Trinajstić information content (AvgIpc) is 2.62. The van der Waals surface area contributed by atoms with Crippen molar-refractivity contribution in [3.8, 4) is 0 Å². The van der Waals surface area contributed by atoms with Gasteiger partial charge in [-0.05, 0) is 6.42 Å². The topological polar surface area (TPSA) is 72.8 Å². The zero-order valence-corrected chi connectivity index (χ0v) is 16.3. The quantitative estimate of drug-likeness (QED) is 0.305. The number of rotatable bonds is 17. The fraction of sp³-hybridized carbons (Fsp3) is 0.900. The van der Waals surface area contributed by atoms with E-state index in [1.165, 1.54) is 51.4 Å². The van der Waals surface area contributed by atoms with E-state index in [1.807, 2.05) is 0 Å². The number of carbonyl (C=O) groups excluding carboxylic acids is 2. The van der Waals surface area contributed by atoms with Gasteiger partial charge in [0.25, 0.3) is 0 Å². The molecule has 1 atom stereocenters. The van der Waals surface area contributed by atoms with Crippen LogP contribution in [0.2, 0.25) is 0 Å². The average molecular weight is 359 g/mol. The lowest BCUT2D eigenvalue weighted by atomic mass is 10.1. The molecule has 0 aliphatic carbocycles. The molecule has 5 heteroatoms. The Morgan fingerprint density at radius 2 is 1.32 bits per heavy atom. The number of carbonyl (C=O) groups is 2. The first-order valence-corrected chi connectivity index (χ1v) is 10.1. The van der Waals surface area contributed by atoms with Gasteiger partial charge in [-0.3, -0.25) is 9.59 Å². The molecule has 0 aromatic carbocycles. The van der Waals surface area contributed by atoms with Gasteiger partial charge >= 0.3 is 11.9 Å². The van der Waals surface area contributed by atoms with E-state index in [4.69, 9.17) is 14.6 Å². The fourth-order valence-electron chi connectivity index (χ4n) is 2.59. The molecule has 0 amide bonds. The van der Waals surface area contributed by atoms with Crippen LogP contribution in [0.3, 0.4) is 0 Å². The van der Waals surface area contributed by atoms with Crippen LogP contribution in [0.5, 0.6) is 0 Å². The second-order valence-electron chi connectivity index (χ2n) is 6.62. The van der Waals surface area contributed by atoms with E-state index >= 15 is 0 Å². The van der Waals surface area contributed by atoms with Gasteiger partial charge in [0, 0.05) is 12.8 Å². The fourth-order valence-corrected chi connectivity index (χ4v) is 2.59. The van der Waals surface area contributed by atoms with Crippen molar-refractivity contribution in [3.63, 3.8) is 0 Å². The van der Waals surface area contributed by atoms with Gasteiger partial charge in [-0.1, -0.05) is 78.1 Å². The molecular formula is C20H38O5. The smallest absolute Gasteiger partial charge is 0.306 e. The SMILES string of the molecule is CCCCCCCCCCCCCC(=O)OC(CO)COC(=O)CC. The Hall–Kier alpha value is -1.10. The molecule has 0 aliphatic rings. The Balaban J connectivity index is 3.48. The van der Waals surface area contributed by atoms with Crippen molar-refractivity contribution in [1.29, 1.82) is 0 Å². The first-order valence-electron chi connectivity index (χ1n) is 10.1. The lowest BCUT2D eigenvalue weighted by Gasteiger charge is -2.15. The van der Waals surface area contributed by atoms with Crippen LogP contribution in [0.25, 0.3) is 0 Å². The summed E-state index contributed by atoms with van der Waals surface area (Å²) in [6.07, 6.45) is 13.4. The summed E-state index contributed by atoms with van der Waals surface area (Å²) in [6.45, 7) is 3.52. The number of ether oxygens (including phenoxy) is 2. The molecular weight excluding hydrogens is 320 g/mol. The van der Waals surface area contributed by atoms with Crippen molar-refractivity contribution < 1.29 is 24.2 Å². The second-order valence-corrected chi connectivity index (χ2v) is 6.62.